The number of urea groups is 1. The van der Waals surface area contributed by atoms with Gasteiger partial charge in [-0.05, 0) is 80.1 Å². The number of piperidine rings is 1. The number of rotatable bonds is 7. The summed E-state index contributed by atoms with van der Waals surface area (Å²) in [6.07, 6.45) is 11.9. The number of hydrogen-bond donors (Lipinski definition) is 3. The van der Waals surface area contributed by atoms with Crippen LogP contribution in [0, 0.1) is 0 Å². The maximum atomic E-state index is 12.5. The first kappa shape index (κ1) is 30.9. The molecule has 0 spiro atoms. The molecule has 1 aromatic carbocycles. The van der Waals surface area contributed by atoms with E-state index in [1.807, 2.05) is 36.7 Å². The summed E-state index contributed by atoms with van der Waals surface area (Å²) in [5.74, 6) is 1.46. The largest absolute Gasteiger partial charge is 0.507 e. The van der Waals surface area contributed by atoms with Crippen molar-refractivity contribution in [3.8, 4) is 17.0 Å². The summed E-state index contributed by atoms with van der Waals surface area (Å²) < 4.78 is 0. The Balaban J connectivity index is 0.895. The van der Waals surface area contributed by atoms with Crippen LogP contribution in [0.3, 0.4) is 0 Å². The number of anilines is 4. The summed E-state index contributed by atoms with van der Waals surface area (Å²) in [7, 11) is 0. The van der Waals surface area contributed by atoms with E-state index >= 15 is 0 Å². The number of imide groups is 1. The number of para-hydroxylation sites is 1. The maximum absolute atomic E-state index is 12.5. The van der Waals surface area contributed by atoms with E-state index in [1.165, 1.54) is 5.56 Å². The lowest BCUT2D eigenvalue weighted by molar-refractivity contribution is -0.120. The molecule has 3 amide bonds. The minimum absolute atomic E-state index is 0.160. The lowest BCUT2D eigenvalue weighted by atomic mass is 9.91. The first-order valence-electron chi connectivity index (χ1n) is 16.9. The Kier molecular flexibility index (Phi) is 8.15. The number of carbonyl (C=O) groups is 2. The quantitative estimate of drug-likeness (QED) is 0.265. The number of pyridine rings is 1. The first-order valence-corrected chi connectivity index (χ1v) is 16.9. The van der Waals surface area contributed by atoms with Gasteiger partial charge >= 0.3 is 6.03 Å². The summed E-state index contributed by atoms with van der Waals surface area (Å²) in [5, 5.41) is 21.3. The van der Waals surface area contributed by atoms with Crippen molar-refractivity contribution in [2.45, 2.75) is 56.7 Å². The van der Waals surface area contributed by atoms with Crippen molar-refractivity contribution < 1.29 is 14.7 Å². The van der Waals surface area contributed by atoms with Crippen molar-refractivity contribution in [2.24, 2.45) is 0 Å². The highest BCUT2D eigenvalue weighted by molar-refractivity contribution is 6.05. The monoisotopic (exact) mass is 661 g/mol. The van der Waals surface area contributed by atoms with E-state index < -0.39 is 6.03 Å². The third-order valence-corrected chi connectivity index (χ3v) is 10.4. The SMILES string of the molecule is Nc1nnc(-c2ccccc2O)cc1N1CC2CCC(C1)N2c1ncc(C2CCN(Cc3ccncc3N3CCC(=O)NC3=O)CC2)cn1. The molecule has 4 aromatic rings. The zero-order valence-corrected chi connectivity index (χ0v) is 27.1. The minimum Gasteiger partial charge on any atom is -0.507 e. The summed E-state index contributed by atoms with van der Waals surface area (Å²) in [6, 6.07) is 11.1. The molecular formula is C35H39N11O3. The van der Waals surface area contributed by atoms with Gasteiger partial charge in [0.1, 0.15) is 5.75 Å². The van der Waals surface area contributed by atoms with Crippen molar-refractivity contribution in [3.63, 3.8) is 0 Å². The Morgan fingerprint density at radius 3 is 2.39 bits per heavy atom. The van der Waals surface area contributed by atoms with Crippen molar-refractivity contribution in [1.82, 2.24) is 35.4 Å². The molecule has 14 nitrogen and oxygen atoms in total. The summed E-state index contributed by atoms with van der Waals surface area (Å²) >= 11 is 0. The number of aromatic nitrogens is 5. The highest BCUT2D eigenvalue weighted by Gasteiger charge is 2.42. The molecule has 0 saturated carbocycles. The fraction of sp³-hybridized carbons (Fsp3) is 0.400. The van der Waals surface area contributed by atoms with E-state index in [9.17, 15) is 14.7 Å². The van der Waals surface area contributed by atoms with E-state index in [1.54, 1.807) is 29.4 Å². The number of aromatic hydroxyl groups is 1. The molecular weight excluding hydrogens is 622 g/mol. The van der Waals surface area contributed by atoms with Crippen LogP contribution >= 0.6 is 0 Å². The number of phenols is 1. The molecule has 4 aliphatic heterocycles. The Morgan fingerprint density at radius 1 is 0.898 bits per heavy atom. The number of nitrogen functional groups attached to an aromatic ring is 1. The number of amides is 3. The second kappa shape index (κ2) is 12.9. The topological polar surface area (TPSA) is 170 Å². The Labute approximate surface area is 284 Å². The number of benzene rings is 1. The highest BCUT2D eigenvalue weighted by atomic mass is 16.3. The molecule has 2 atom stereocenters. The number of nitrogens with one attached hydrogen (secondary N) is 1. The van der Waals surface area contributed by atoms with Gasteiger partial charge < -0.3 is 20.6 Å². The van der Waals surface area contributed by atoms with Crippen LogP contribution in [0.2, 0.25) is 0 Å². The molecule has 14 heteroatoms. The number of fused-ring (bicyclic) bond motifs is 2. The van der Waals surface area contributed by atoms with E-state index in [2.05, 4.69) is 35.2 Å². The lowest BCUT2D eigenvalue weighted by Gasteiger charge is -2.42. The molecule has 4 saturated heterocycles. The third kappa shape index (κ3) is 6.07. The summed E-state index contributed by atoms with van der Waals surface area (Å²) in [4.78, 5) is 46.8. The molecule has 49 heavy (non-hydrogen) atoms. The average Bonchev–Trinajstić information content (AvgIpc) is 3.38. The Bertz CT molecular complexity index is 1850. The number of piperazine rings is 1. The average molecular weight is 662 g/mol. The summed E-state index contributed by atoms with van der Waals surface area (Å²) in [6.45, 7) is 4.46. The number of nitrogens with zero attached hydrogens (tertiary/aromatic N) is 9. The molecule has 2 bridgehead atoms. The van der Waals surface area contributed by atoms with Crippen molar-refractivity contribution in [3.05, 3.63) is 72.3 Å². The van der Waals surface area contributed by atoms with Crippen LogP contribution in [-0.4, -0.2) is 91.9 Å². The van der Waals surface area contributed by atoms with E-state index in [0.29, 0.717) is 36.1 Å². The molecule has 8 rings (SSSR count). The van der Waals surface area contributed by atoms with Crippen LogP contribution < -0.4 is 25.8 Å². The minimum atomic E-state index is -0.391. The molecule has 3 aromatic heterocycles. The standard InChI is InChI=1S/C35H39N11O3/c36-33-29(15-28(41-42-33)27-3-1-2-4-31(27)47)44-20-25-5-6-26(21-44)46(25)34-38-16-24(17-39-34)22-8-12-43(13-9-22)19-23-7-11-37-18-30(23)45-14-10-32(48)40-35(45)49/h1-4,7,11,15-18,22,25-26,47H,5-6,8-10,12-14,19-21H2,(H2,36,42)(H,40,48,49). The third-order valence-electron chi connectivity index (χ3n) is 10.4. The highest BCUT2D eigenvalue weighted by Crippen LogP contribution is 2.38. The van der Waals surface area contributed by atoms with Crippen LogP contribution in [-0.2, 0) is 11.3 Å². The molecule has 252 valence electrons. The molecule has 4 fully saturated rings. The van der Waals surface area contributed by atoms with Crippen LogP contribution in [0.15, 0.2) is 61.2 Å². The van der Waals surface area contributed by atoms with Gasteiger partial charge in [0.2, 0.25) is 11.9 Å². The zero-order chi connectivity index (χ0) is 33.5. The number of hydrogen-bond acceptors (Lipinski definition) is 12. The normalized spacial score (nSPS) is 21.7. The number of likely N-dealkylation sites (tertiary alicyclic amines) is 1. The Morgan fingerprint density at radius 2 is 1.65 bits per heavy atom. The Hall–Kier alpha value is -5.37. The van der Waals surface area contributed by atoms with Gasteiger partial charge in [0.05, 0.1) is 23.3 Å². The lowest BCUT2D eigenvalue weighted by Crippen LogP contribution is -2.54. The maximum Gasteiger partial charge on any atom is 0.328 e. The number of carbonyl (C=O) groups excluding carboxylic acids is 2. The van der Waals surface area contributed by atoms with Crippen molar-refractivity contribution >= 4 is 35.1 Å². The molecule has 7 heterocycles. The number of nitrogens with two attached hydrogens (primary N) is 1. The summed E-state index contributed by atoms with van der Waals surface area (Å²) in [5.41, 5.74) is 11.3. The molecule has 2 unspecified atom stereocenters. The van der Waals surface area contributed by atoms with Gasteiger partial charge in [0, 0.05) is 68.8 Å². The second-order valence-electron chi connectivity index (χ2n) is 13.3. The van der Waals surface area contributed by atoms with E-state index in [0.717, 1.165) is 74.7 Å². The van der Waals surface area contributed by atoms with E-state index in [4.69, 9.17) is 15.7 Å². The molecule has 4 aliphatic rings. The first-order chi connectivity index (χ1) is 23.9. The van der Waals surface area contributed by atoms with Gasteiger partial charge in [-0.2, -0.15) is 0 Å². The van der Waals surface area contributed by atoms with Gasteiger partial charge in [-0.1, -0.05) is 12.1 Å². The van der Waals surface area contributed by atoms with Crippen LogP contribution in [0.5, 0.6) is 5.75 Å². The van der Waals surface area contributed by atoms with Gasteiger partial charge in [-0.15, -0.1) is 10.2 Å². The van der Waals surface area contributed by atoms with Crippen LogP contribution in [0.25, 0.3) is 11.3 Å². The number of phenolic OH excluding ortho intramolecular Hbond substituents is 1. The van der Waals surface area contributed by atoms with E-state index in [-0.39, 0.29) is 30.2 Å². The zero-order valence-electron chi connectivity index (χ0n) is 27.1. The van der Waals surface area contributed by atoms with Crippen LogP contribution in [0.4, 0.5) is 27.9 Å². The smallest absolute Gasteiger partial charge is 0.328 e. The molecule has 0 aliphatic carbocycles. The van der Waals surface area contributed by atoms with Crippen molar-refractivity contribution in [2.75, 3.05) is 53.2 Å². The predicted octanol–water partition coefficient (Wildman–Crippen LogP) is 3.30. The predicted molar refractivity (Wildman–Crippen MR) is 184 cm³/mol. The van der Waals surface area contributed by atoms with Gasteiger partial charge in [0.25, 0.3) is 0 Å². The fourth-order valence-electron chi connectivity index (χ4n) is 7.82. The van der Waals surface area contributed by atoms with Gasteiger partial charge in [0.15, 0.2) is 5.82 Å². The van der Waals surface area contributed by atoms with Gasteiger partial charge in [-0.3, -0.25) is 24.9 Å². The fourth-order valence-corrected chi connectivity index (χ4v) is 7.82. The van der Waals surface area contributed by atoms with Crippen LogP contribution in [0.1, 0.15) is 49.1 Å². The van der Waals surface area contributed by atoms with Gasteiger partial charge in [-0.25, -0.2) is 14.8 Å². The molecule has 0 radical (unpaired) electrons. The van der Waals surface area contributed by atoms with Crippen molar-refractivity contribution in [1.29, 1.82) is 0 Å². The molecule has 4 N–H and O–H groups in total. The second-order valence-corrected chi connectivity index (χ2v) is 13.3.